The van der Waals surface area contributed by atoms with E-state index in [0.717, 1.165) is 48.3 Å². The molecule has 3 aromatic rings. The SMILES string of the molecule is Cc1ncc(-c2ccc(S(=O)(=O)CC3CCC(C(=O)C[C@H](C)c4ccc(F)cc4)CC3)cc2)[nH]1. The van der Waals surface area contributed by atoms with Gasteiger partial charge in [0.2, 0.25) is 0 Å². The van der Waals surface area contributed by atoms with Crippen molar-refractivity contribution in [2.24, 2.45) is 11.8 Å². The van der Waals surface area contributed by atoms with Crippen molar-refractivity contribution in [3.8, 4) is 11.3 Å². The number of aromatic amines is 1. The van der Waals surface area contributed by atoms with Gasteiger partial charge in [-0.3, -0.25) is 4.79 Å². The molecule has 1 atom stereocenters. The van der Waals surface area contributed by atoms with Crippen LogP contribution >= 0.6 is 0 Å². The molecular weight excluding hydrogens is 451 g/mol. The summed E-state index contributed by atoms with van der Waals surface area (Å²) in [6, 6.07) is 13.2. The van der Waals surface area contributed by atoms with Gasteiger partial charge < -0.3 is 4.98 Å². The number of sulfone groups is 1. The lowest BCUT2D eigenvalue weighted by atomic mass is 9.78. The largest absolute Gasteiger partial charge is 0.342 e. The maximum absolute atomic E-state index is 13.1. The summed E-state index contributed by atoms with van der Waals surface area (Å²) in [6.45, 7) is 3.86. The first kappa shape index (κ1) is 24.3. The lowest BCUT2D eigenvalue weighted by Gasteiger charge is -2.28. The number of rotatable bonds is 8. The molecular formula is C27H31FN2O3S. The Balaban J connectivity index is 1.29. The summed E-state index contributed by atoms with van der Waals surface area (Å²) < 4.78 is 39.1. The van der Waals surface area contributed by atoms with Crippen LogP contribution in [-0.2, 0) is 14.6 Å². The van der Waals surface area contributed by atoms with Crippen LogP contribution in [0.15, 0.2) is 59.6 Å². The first-order valence-corrected chi connectivity index (χ1v) is 13.5. The fourth-order valence-electron chi connectivity index (χ4n) is 4.84. The topological polar surface area (TPSA) is 79.9 Å². The molecule has 0 radical (unpaired) electrons. The molecule has 4 rings (SSSR count). The first-order chi connectivity index (χ1) is 16.2. The van der Waals surface area contributed by atoms with Crippen LogP contribution in [0.1, 0.15) is 56.3 Å². The number of hydrogen-bond donors (Lipinski definition) is 1. The van der Waals surface area contributed by atoms with E-state index in [1.54, 1.807) is 42.6 Å². The van der Waals surface area contributed by atoms with Gasteiger partial charge in [-0.2, -0.15) is 0 Å². The van der Waals surface area contributed by atoms with Gasteiger partial charge in [0.1, 0.15) is 17.4 Å². The van der Waals surface area contributed by atoms with E-state index >= 15 is 0 Å². The molecule has 5 nitrogen and oxygen atoms in total. The highest BCUT2D eigenvalue weighted by molar-refractivity contribution is 7.91. The van der Waals surface area contributed by atoms with E-state index in [4.69, 9.17) is 0 Å². The van der Waals surface area contributed by atoms with Gasteiger partial charge in [-0.05, 0) is 79.8 Å². The Kier molecular flexibility index (Phi) is 7.31. The summed E-state index contributed by atoms with van der Waals surface area (Å²) in [7, 11) is -3.39. The highest BCUT2D eigenvalue weighted by Crippen LogP contribution is 2.34. The molecule has 0 saturated heterocycles. The number of nitrogens with zero attached hydrogens (tertiary/aromatic N) is 1. The molecule has 34 heavy (non-hydrogen) atoms. The van der Waals surface area contributed by atoms with Crippen molar-refractivity contribution in [2.45, 2.75) is 56.8 Å². The second-order valence-corrected chi connectivity index (χ2v) is 11.6. The third-order valence-corrected chi connectivity index (χ3v) is 8.83. The zero-order chi connectivity index (χ0) is 24.3. The van der Waals surface area contributed by atoms with Crippen molar-refractivity contribution in [1.82, 2.24) is 9.97 Å². The minimum atomic E-state index is -3.39. The number of aromatic nitrogens is 2. The number of hydrogen-bond acceptors (Lipinski definition) is 4. The molecule has 180 valence electrons. The maximum Gasteiger partial charge on any atom is 0.178 e. The molecule has 1 saturated carbocycles. The molecule has 0 unspecified atom stereocenters. The Labute approximate surface area is 200 Å². The van der Waals surface area contributed by atoms with Gasteiger partial charge >= 0.3 is 0 Å². The predicted molar refractivity (Wildman–Crippen MR) is 131 cm³/mol. The molecule has 0 spiro atoms. The minimum Gasteiger partial charge on any atom is -0.342 e. The lowest BCUT2D eigenvalue weighted by Crippen LogP contribution is -2.26. The number of halogens is 1. The van der Waals surface area contributed by atoms with Crippen LogP contribution in [0.5, 0.6) is 0 Å². The van der Waals surface area contributed by atoms with E-state index in [2.05, 4.69) is 9.97 Å². The van der Waals surface area contributed by atoms with E-state index in [9.17, 15) is 17.6 Å². The minimum absolute atomic E-state index is 0.0148. The zero-order valence-electron chi connectivity index (χ0n) is 19.6. The van der Waals surface area contributed by atoms with Gasteiger partial charge in [-0.1, -0.05) is 31.2 Å². The average molecular weight is 483 g/mol. The van der Waals surface area contributed by atoms with E-state index in [0.29, 0.717) is 11.3 Å². The third kappa shape index (κ3) is 5.81. The molecule has 0 amide bonds. The van der Waals surface area contributed by atoms with Crippen LogP contribution in [0.4, 0.5) is 4.39 Å². The Morgan fingerprint density at radius 1 is 1.06 bits per heavy atom. The van der Waals surface area contributed by atoms with Gasteiger partial charge in [-0.15, -0.1) is 0 Å². The van der Waals surface area contributed by atoms with Gasteiger partial charge in [0.15, 0.2) is 9.84 Å². The standard InChI is InChI=1S/C27H31FN2O3S/c1-18(21-7-11-24(28)12-8-21)15-27(31)23-5-3-20(4-6-23)17-34(32,33)25-13-9-22(10-14-25)26-16-29-19(2)30-26/h7-14,16,18,20,23H,3-6,15,17H2,1-2H3,(H,29,30)/t18-,20?,23?/m0/s1. The summed E-state index contributed by atoms with van der Waals surface area (Å²) in [5.41, 5.74) is 2.72. The smallest absolute Gasteiger partial charge is 0.178 e. The van der Waals surface area contributed by atoms with Crippen molar-refractivity contribution >= 4 is 15.6 Å². The quantitative estimate of drug-likeness (QED) is 0.436. The molecule has 1 fully saturated rings. The van der Waals surface area contributed by atoms with Gasteiger partial charge in [0.25, 0.3) is 0 Å². The van der Waals surface area contributed by atoms with Crippen molar-refractivity contribution in [3.05, 3.63) is 71.9 Å². The number of ketones is 1. The zero-order valence-corrected chi connectivity index (χ0v) is 20.4. The van der Waals surface area contributed by atoms with Gasteiger partial charge in [0, 0.05) is 12.3 Å². The molecule has 2 aromatic carbocycles. The number of aryl methyl sites for hydroxylation is 1. The molecule has 1 heterocycles. The summed E-state index contributed by atoms with van der Waals surface area (Å²) in [5.74, 6) is 0.966. The highest BCUT2D eigenvalue weighted by atomic mass is 32.2. The van der Waals surface area contributed by atoms with Gasteiger partial charge in [-0.25, -0.2) is 17.8 Å². The number of nitrogens with one attached hydrogen (secondary N) is 1. The Morgan fingerprint density at radius 2 is 1.71 bits per heavy atom. The van der Waals surface area contributed by atoms with E-state index in [1.165, 1.54) is 12.1 Å². The van der Waals surface area contributed by atoms with Crippen LogP contribution in [0.2, 0.25) is 0 Å². The number of H-pyrrole nitrogens is 1. The highest BCUT2D eigenvalue weighted by Gasteiger charge is 2.30. The number of carbonyl (C=O) groups is 1. The van der Waals surface area contributed by atoms with Crippen LogP contribution in [-0.4, -0.2) is 29.9 Å². The van der Waals surface area contributed by atoms with E-state index in [1.807, 2.05) is 13.8 Å². The normalized spacial score (nSPS) is 19.6. The molecule has 7 heteroatoms. The Bertz CT molecular complexity index is 1230. The van der Waals surface area contributed by atoms with Crippen LogP contribution in [0, 0.1) is 24.6 Å². The molecule has 1 aliphatic carbocycles. The first-order valence-electron chi connectivity index (χ1n) is 11.8. The molecule has 1 N–H and O–H groups in total. The summed E-state index contributed by atoms with van der Waals surface area (Å²) in [5, 5.41) is 0. The molecule has 0 aliphatic heterocycles. The lowest BCUT2D eigenvalue weighted by molar-refractivity contribution is -0.124. The van der Waals surface area contributed by atoms with Crippen molar-refractivity contribution < 1.29 is 17.6 Å². The number of benzene rings is 2. The van der Waals surface area contributed by atoms with Crippen molar-refractivity contribution in [3.63, 3.8) is 0 Å². The fourth-order valence-corrected chi connectivity index (χ4v) is 6.54. The summed E-state index contributed by atoms with van der Waals surface area (Å²) >= 11 is 0. The molecule has 1 aliphatic rings. The Morgan fingerprint density at radius 3 is 2.29 bits per heavy atom. The average Bonchev–Trinajstić information content (AvgIpc) is 3.26. The van der Waals surface area contributed by atoms with Gasteiger partial charge in [0.05, 0.1) is 22.5 Å². The number of carbonyl (C=O) groups excluding carboxylic acids is 1. The van der Waals surface area contributed by atoms with Crippen LogP contribution in [0.3, 0.4) is 0 Å². The molecule has 0 bridgehead atoms. The van der Waals surface area contributed by atoms with E-state index < -0.39 is 9.84 Å². The second kappa shape index (κ2) is 10.2. The van der Waals surface area contributed by atoms with Crippen LogP contribution in [0.25, 0.3) is 11.3 Å². The second-order valence-electron chi connectivity index (χ2n) is 9.53. The van der Waals surface area contributed by atoms with Crippen LogP contribution < -0.4 is 0 Å². The third-order valence-electron chi connectivity index (χ3n) is 6.93. The number of imidazole rings is 1. The van der Waals surface area contributed by atoms with Crippen molar-refractivity contribution in [1.29, 1.82) is 0 Å². The Hall–Kier alpha value is -2.80. The molecule has 1 aromatic heterocycles. The van der Waals surface area contributed by atoms with E-state index in [-0.39, 0.29) is 35.1 Å². The predicted octanol–water partition coefficient (Wildman–Crippen LogP) is 5.87. The summed E-state index contributed by atoms with van der Waals surface area (Å²) in [6.07, 6.45) is 5.11. The monoisotopic (exact) mass is 482 g/mol. The maximum atomic E-state index is 13.1. The summed E-state index contributed by atoms with van der Waals surface area (Å²) in [4.78, 5) is 20.5. The fraction of sp³-hybridized carbons (Fsp3) is 0.407. The number of Topliss-reactive ketones (excluding diaryl/α,β-unsaturated/α-hetero) is 1. The van der Waals surface area contributed by atoms with Crippen molar-refractivity contribution in [2.75, 3.05) is 5.75 Å².